The minimum absolute atomic E-state index is 0.357. The summed E-state index contributed by atoms with van der Waals surface area (Å²) >= 11 is 0. The largest absolute Gasteiger partial charge is 0.456 e. The van der Waals surface area contributed by atoms with Crippen molar-refractivity contribution in [3.8, 4) is 0 Å². The molecule has 5 aliphatic rings. The molecule has 10 heteroatoms. The van der Waals surface area contributed by atoms with Gasteiger partial charge in [-0.05, 0) is 12.8 Å². The van der Waals surface area contributed by atoms with Crippen LogP contribution in [-0.4, -0.2) is 92.4 Å². The van der Waals surface area contributed by atoms with Crippen molar-refractivity contribution < 1.29 is 49.0 Å². The van der Waals surface area contributed by atoms with Gasteiger partial charge in [0.15, 0.2) is 17.3 Å². The maximum absolute atomic E-state index is 12.9. The summed E-state index contributed by atoms with van der Waals surface area (Å²) in [5, 5.41) is 44.8. The first kappa shape index (κ1) is 20.6. The fourth-order valence-corrected chi connectivity index (χ4v) is 6.99. The second-order valence-electron chi connectivity index (χ2n) is 10.0. The number of hydrogen-bond donors (Lipinski definition) is 4. The lowest BCUT2D eigenvalue weighted by molar-refractivity contribution is -0.314. The molecule has 5 fully saturated rings. The Hall–Kier alpha value is -1.30. The molecule has 0 aromatic rings. The standard InChI is InChI=1S/C20H28O10/c1-7(2)19(25)9-14(22)29-12(19)10(27-5)16(4)18(11-13(28-11)20(9,16)26)6-17(24,8(3)21)15(23)30-18/h7-13,21,24-26H,6H2,1-5H3. The first-order valence-electron chi connectivity index (χ1n) is 10.3. The van der Waals surface area contributed by atoms with Crippen molar-refractivity contribution in [2.75, 3.05) is 7.11 Å². The van der Waals surface area contributed by atoms with E-state index >= 15 is 0 Å². The summed E-state index contributed by atoms with van der Waals surface area (Å²) in [6.45, 7) is 6.33. The normalized spacial score (nSPS) is 59.2. The second kappa shape index (κ2) is 5.36. The first-order valence-corrected chi connectivity index (χ1v) is 10.3. The summed E-state index contributed by atoms with van der Waals surface area (Å²) in [7, 11) is 1.36. The molecule has 0 radical (unpaired) electrons. The zero-order valence-electron chi connectivity index (χ0n) is 17.5. The van der Waals surface area contributed by atoms with Gasteiger partial charge in [0.1, 0.15) is 35.4 Å². The van der Waals surface area contributed by atoms with Gasteiger partial charge in [-0.2, -0.15) is 0 Å². The third-order valence-electron chi connectivity index (χ3n) is 8.81. The minimum atomic E-state index is -2.21. The van der Waals surface area contributed by atoms with Crippen LogP contribution in [0.15, 0.2) is 0 Å². The number of esters is 2. The van der Waals surface area contributed by atoms with Crippen LogP contribution in [-0.2, 0) is 28.5 Å². The average Bonchev–Trinajstić information content (AvgIpc) is 3.33. The number of rotatable bonds is 3. The van der Waals surface area contributed by atoms with Crippen LogP contribution in [0.5, 0.6) is 0 Å². The van der Waals surface area contributed by atoms with Crippen LogP contribution < -0.4 is 0 Å². The van der Waals surface area contributed by atoms with Gasteiger partial charge in [0, 0.05) is 13.5 Å². The smallest absolute Gasteiger partial charge is 0.341 e. The highest BCUT2D eigenvalue weighted by atomic mass is 16.7. The molecule has 3 aliphatic heterocycles. The molecule has 168 valence electrons. The number of aliphatic hydroxyl groups excluding tert-OH is 1. The molecule has 0 aromatic carbocycles. The molecule has 3 saturated heterocycles. The van der Waals surface area contributed by atoms with Crippen molar-refractivity contribution in [3.05, 3.63) is 0 Å². The maximum Gasteiger partial charge on any atom is 0.341 e. The Morgan fingerprint density at radius 3 is 2.23 bits per heavy atom. The zero-order valence-corrected chi connectivity index (χ0v) is 17.5. The number of aliphatic hydroxyl groups is 4. The predicted molar refractivity (Wildman–Crippen MR) is 95.7 cm³/mol. The first-order chi connectivity index (χ1) is 13.8. The van der Waals surface area contributed by atoms with E-state index in [9.17, 15) is 30.0 Å². The third kappa shape index (κ3) is 1.71. The molecule has 11 unspecified atom stereocenters. The number of methoxy groups -OCH3 is 1. The van der Waals surface area contributed by atoms with Crippen LogP contribution in [0.2, 0.25) is 0 Å². The molecule has 3 heterocycles. The highest BCUT2D eigenvalue weighted by Crippen LogP contribution is 2.76. The molecule has 0 amide bonds. The van der Waals surface area contributed by atoms with Crippen molar-refractivity contribution in [2.45, 2.75) is 87.0 Å². The lowest BCUT2D eigenvalue weighted by Gasteiger charge is -2.60. The monoisotopic (exact) mass is 428 g/mol. The fourth-order valence-electron chi connectivity index (χ4n) is 6.99. The molecular weight excluding hydrogens is 400 g/mol. The van der Waals surface area contributed by atoms with Crippen LogP contribution in [0.25, 0.3) is 0 Å². The predicted octanol–water partition coefficient (Wildman–Crippen LogP) is -1.74. The van der Waals surface area contributed by atoms with Gasteiger partial charge < -0.3 is 39.4 Å². The van der Waals surface area contributed by atoms with Crippen LogP contribution >= 0.6 is 0 Å². The lowest BCUT2D eigenvalue weighted by Crippen LogP contribution is -2.78. The van der Waals surface area contributed by atoms with Crippen LogP contribution in [0.3, 0.4) is 0 Å². The number of carbonyl (C=O) groups excluding carboxylic acids is 2. The van der Waals surface area contributed by atoms with Gasteiger partial charge in [-0.25, -0.2) is 4.79 Å². The highest BCUT2D eigenvalue weighted by molar-refractivity contribution is 5.85. The van der Waals surface area contributed by atoms with E-state index in [-0.39, 0.29) is 6.42 Å². The molecule has 2 aliphatic carbocycles. The van der Waals surface area contributed by atoms with Gasteiger partial charge >= 0.3 is 11.9 Å². The van der Waals surface area contributed by atoms with Gasteiger partial charge in [0.2, 0.25) is 0 Å². The number of fused-ring (bicyclic) bond motifs is 8. The minimum Gasteiger partial charge on any atom is -0.456 e. The quantitative estimate of drug-likeness (QED) is 0.301. The van der Waals surface area contributed by atoms with E-state index in [1.165, 1.54) is 14.0 Å². The number of ether oxygens (including phenoxy) is 4. The van der Waals surface area contributed by atoms with Crippen molar-refractivity contribution >= 4 is 11.9 Å². The van der Waals surface area contributed by atoms with Crippen LogP contribution in [0.1, 0.15) is 34.1 Å². The molecule has 30 heavy (non-hydrogen) atoms. The van der Waals surface area contributed by atoms with E-state index < -0.39 is 82.1 Å². The lowest BCUT2D eigenvalue weighted by atomic mass is 9.48. The Morgan fingerprint density at radius 1 is 1.10 bits per heavy atom. The van der Waals surface area contributed by atoms with E-state index in [2.05, 4.69) is 0 Å². The van der Waals surface area contributed by atoms with Gasteiger partial charge in [0.05, 0.1) is 11.5 Å². The molecule has 5 rings (SSSR count). The number of carbonyl (C=O) groups is 2. The van der Waals surface area contributed by atoms with E-state index in [0.717, 1.165) is 0 Å². The summed E-state index contributed by atoms with van der Waals surface area (Å²) in [5.41, 5.74) is -9.00. The van der Waals surface area contributed by atoms with Crippen LogP contribution in [0, 0.1) is 17.3 Å². The Kier molecular flexibility index (Phi) is 3.68. The molecule has 2 saturated carbocycles. The van der Waals surface area contributed by atoms with Crippen LogP contribution in [0.4, 0.5) is 0 Å². The van der Waals surface area contributed by atoms with Gasteiger partial charge in [0.25, 0.3) is 0 Å². The Labute approximate surface area is 173 Å². The fraction of sp³-hybridized carbons (Fsp3) is 0.900. The van der Waals surface area contributed by atoms with E-state index in [0.29, 0.717) is 0 Å². The van der Waals surface area contributed by atoms with E-state index in [4.69, 9.17) is 18.9 Å². The summed E-state index contributed by atoms with van der Waals surface area (Å²) in [6.07, 6.45) is -5.76. The van der Waals surface area contributed by atoms with Crippen molar-refractivity contribution in [3.63, 3.8) is 0 Å². The number of hydrogen-bond acceptors (Lipinski definition) is 10. The average molecular weight is 428 g/mol. The summed E-state index contributed by atoms with van der Waals surface area (Å²) in [5.74, 6) is -3.64. The Bertz CT molecular complexity index is 843. The van der Waals surface area contributed by atoms with Crippen molar-refractivity contribution in [2.24, 2.45) is 17.3 Å². The molecule has 10 nitrogen and oxygen atoms in total. The molecule has 0 aromatic heterocycles. The SMILES string of the molecule is COC1C2OC(=O)C(C2(O)C(C)C)C2(O)C3OC3C3(CC(O)(C(C)O)C(=O)O3)C12C. The van der Waals surface area contributed by atoms with E-state index in [1.54, 1.807) is 20.8 Å². The summed E-state index contributed by atoms with van der Waals surface area (Å²) < 4.78 is 22.7. The molecule has 4 N–H and O–H groups in total. The molecule has 11 atom stereocenters. The zero-order chi connectivity index (χ0) is 22.2. The molecule has 1 spiro atoms. The summed E-state index contributed by atoms with van der Waals surface area (Å²) in [6, 6.07) is 0. The molecular formula is C20H28O10. The summed E-state index contributed by atoms with van der Waals surface area (Å²) in [4.78, 5) is 25.6. The Balaban J connectivity index is 1.74. The van der Waals surface area contributed by atoms with Gasteiger partial charge in [-0.3, -0.25) is 4.79 Å². The van der Waals surface area contributed by atoms with Gasteiger partial charge in [-0.15, -0.1) is 0 Å². The Morgan fingerprint density at radius 2 is 1.73 bits per heavy atom. The highest BCUT2D eigenvalue weighted by Gasteiger charge is 2.96. The topological polar surface area (TPSA) is 155 Å². The van der Waals surface area contributed by atoms with E-state index in [1.807, 2.05) is 0 Å². The number of epoxide rings is 1. The second-order valence-corrected chi connectivity index (χ2v) is 10.0. The third-order valence-corrected chi connectivity index (χ3v) is 8.81. The maximum atomic E-state index is 12.9. The van der Waals surface area contributed by atoms with Crippen molar-refractivity contribution in [1.82, 2.24) is 0 Å². The molecule has 2 bridgehead atoms. The van der Waals surface area contributed by atoms with Gasteiger partial charge in [-0.1, -0.05) is 20.8 Å². The van der Waals surface area contributed by atoms with Crippen molar-refractivity contribution in [1.29, 1.82) is 0 Å².